The average Bonchev–Trinajstić information content (AvgIpc) is 2.26. The Morgan fingerprint density at radius 1 is 1.16 bits per heavy atom. The van der Waals surface area contributed by atoms with Crippen LogP contribution in [0.2, 0.25) is 0 Å². The molecule has 0 spiro atoms. The quantitative estimate of drug-likeness (QED) is 0.272. The van der Waals surface area contributed by atoms with Crippen LogP contribution in [0.4, 0.5) is 0 Å². The first-order valence-corrected chi connectivity index (χ1v) is 5.01. The van der Waals surface area contributed by atoms with Gasteiger partial charge in [-0.15, -0.1) is 0 Å². The van der Waals surface area contributed by atoms with E-state index in [4.69, 9.17) is 11.5 Å². The summed E-state index contributed by atoms with van der Waals surface area (Å²) >= 11 is 0. The van der Waals surface area contributed by atoms with Gasteiger partial charge >= 0.3 is 17.1 Å². The molecule has 9 N–H and O–H groups in total. The van der Waals surface area contributed by atoms with Crippen molar-refractivity contribution in [2.45, 2.75) is 6.17 Å². The van der Waals surface area contributed by atoms with Crippen LogP contribution in [0.15, 0.2) is 39.1 Å². The van der Waals surface area contributed by atoms with Crippen LogP contribution in [0.1, 0.15) is 0 Å². The Kier molecular flexibility index (Phi) is 4.68. The van der Waals surface area contributed by atoms with Gasteiger partial charge in [0.05, 0.1) is 6.17 Å². The fourth-order valence-electron chi connectivity index (χ4n) is 1.10. The third-order valence-electron chi connectivity index (χ3n) is 1.76. The molecule has 11 nitrogen and oxygen atoms in total. The minimum Gasteiger partial charge on any atom is -0.384 e. The van der Waals surface area contributed by atoms with Gasteiger partial charge in [-0.1, -0.05) is 6.58 Å². The molecule has 0 radical (unpaired) electrons. The molecule has 0 aliphatic carbocycles. The fraction of sp³-hybridized carbons (Fsp3) is 0.125. The van der Waals surface area contributed by atoms with Gasteiger partial charge in [0.25, 0.3) is 0 Å². The minimum absolute atomic E-state index is 0.251. The molecule has 0 saturated carbocycles. The zero-order chi connectivity index (χ0) is 14.4. The van der Waals surface area contributed by atoms with Crippen LogP contribution in [0.3, 0.4) is 0 Å². The lowest BCUT2D eigenvalue weighted by Gasteiger charge is -2.29. The highest BCUT2D eigenvalue weighted by molar-refractivity contribution is 5.01. The number of rotatable bonds is 1. The predicted molar refractivity (Wildman–Crippen MR) is 66.9 cm³/mol. The van der Waals surface area contributed by atoms with Crippen LogP contribution < -0.4 is 39.4 Å². The molecule has 1 atom stereocenters. The first-order chi connectivity index (χ1) is 8.90. The second kappa shape index (κ2) is 6.23. The number of nitrogens with two attached hydrogens (primary N) is 2. The summed E-state index contributed by atoms with van der Waals surface area (Å²) in [5, 5.41) is 1.50. The standard InChI is InChI=1S/C5H11N5.C3H3N3O3/c1-2-10-8-4(6)3-5(7)9-10;7-1-4-2(8)6-3(9)5-1/h2-4,8-9H,1,6-7H2;(H3,4,5,6,7,8,9). The molecule has 19 heavy (non-hydrogen) atoms. The topological polar surface area (TPSA) is 178 Å². The highest BCUT2D eigenvalue weighted by Crippen LogP contribution is 1.91. The maximum atomic E-state index is 10.2. The second-order valence-corrected chi connectivity index (χ2v) is 3.30. The summed E-state index contributed by atoms with van der Waals surface area (Å²) in [6.45, 7) is 3.52. The molecule has 2 rings (SSSR count). The molecular formula is C8H14N8O3. The molecule has 1 unspecified atom stereocenters. The molecule has 1 aliphatic heterocycles. The number of nitrogens with zero attached hydrogens (tertiary/aromatic N) is 1. The van der Waals surface area contributed by atoms with E-state index in [0.29, 0.717) is 5.82 Å². The molecule has 104 valence electrons. The number of hydrogen-bond acceptors (Lipinski definition) is 8. The Morgan fingerprint density at radius 3 is 2.00 bits per heavy atom. The Morgan fingerprint density at radius 2 is 1.63 bits per heavy atom. The summed E-state index contributed by atoms with van der Waals surface area (Å²) in [6.07, 6.45) is 2.96. The molecule has 11 heteroatoms. The normalized spacial score (nSPS) is 17.6. The van der Waals surface area contributed by atoms with Gasteiger partial charge < -0.3 is 11.5 Å². The Labute approximate surface area is 106 Å². The lowest BCUT2D eigenvalue weighted by molar-refractivity contribution is 0.175. The zero-order valence-electron chi connectivity index (χ0n) is 9.77. The Hall–Kier alpha value is -2.79. The third-order valence-corrected chi connectivity index (χ3v) is 1.76. The highest BCUT2D eigenvalue weighted by atomic mass is 16.2. The first kappa shape index (κ1) is 14.3. The van der Waals surface area contributed by atoms with Crippen molar-refractivity contribution in [1.82, 2.24) is 30.9 Å². The number of hydrogen-bond donors (Lipinski definition) is 7. The highest BCUT2D eigenvalue weighted by Gasteiger charge is 2.09. The molecular weight excluding hydrogens is 256 g/mol. The summed E-state index contributed by atoms with van der Waals surface area (Å²) in [5.41, 5.74) is 14.1. The van der Waals surface area contributed by atoms with E-state index in [9.17, 15) is 14.4 Å². The Balaban J connectivity index is 0.000000191. The van der Waals surface area contributed by atoms with E-state index in [0.717, 1.165) is 0 Å². The summed E-state index contributed by atoms with van der Waals surface area (Å²) in [5.74, 6) is 0.520. The number of hydrazine groups is 2. The van der Waals surface area contributed by atoms with Crippen LogP contribution in [0, 0.1) is 0 Å². The second-order valence-electron chi connectivity index (χ2n) is 3.30. The molecule has 1 aromatic rings. The SMILES string of the molecule is C=CN1NC(N)=CC(N)N1.O=c1[nH]c(=O)[nH]c(=O)[nH]1. The zero-order valence-corrected chi connectivity index (χ0v) is 9.77. The summed E-state index contributed by atoms with van der Waals surface area (Å²) in [6, 6.07) is 0. The smallest absolute Gasteiger partial charge is 0.330 e. The largest absolute Gasteiger partial charge is 0.384 e. The predicted octanol–water partition coefficient (Wildman–Crippen LogP) is -3.71. The van der Waals surface area contributed by atoms with Crippen molar-refractivity contribution < 1.29 is 0 Å². The summed E-state index contributed by atoms with van der Waals surface area (Å²) < 4.78 is 0. The van der Waals surface area contributed by atoms with Crippen LogP contribution >= 0.6 is 0 Å². The fourth-order valence-corrected chi connectivity index (χ4v) is 1.10. The van der Waals surface area contributed by atoms with Crippen molar-refractivity contribution in [3.8, 4) is 0 Å². The molecule has 0 amide bonds. The van der Waals surface area contributed by atoms with Gasteiger partial charge in [0, 0.05) is 6.20 Å². The molecule has 0 saturated heterocycles. The molecule has 1 aromatic heterocycles. The van der Waals surface area contributed by atoms with Crippen LogP contribution in [0.25, 0.3) is 0 Å². The minimum atomic E-state index is -0.802. The van der Waals surface area contributed by atoms with Crippen molar-refractivity contribution in [2.75, 3.05) is 0 Å². The van der Waals surface area contributed by atoms with Crippen molar-refractivity contribution >= 4 is 0 Å². The molecule has 2 heterocycles. The number of nitrogens with one attached hydrogen (secondary N) is 5. The Bertz CT molecular complexity index is 547. The summed E-state index contributed by atoms with van der Waals surface area (Å²) in [4.78, 5) is 35.9. The summed E-state index contributed by atoms with van der Waals surface area (Å²) in [7, 11) is 0. The van der Waals surface area contributed by atoms with Crippen molar-refractivity contribution in [3.05, 3.63) is 56.1 Å². The van der Waals surface area contributed by atoms with Crippen molar-refractivity contribution in [2.24, 2.45) is 11.5 Å². The molecule has 0 fully saturated rings. The first-order valence-electron chi connectivity index (χ1n) is 5.01. The molecule has 0 aromatic carbocycles. The number of aromatic nitrogens is 3. The van der Waals surface area contributed by atoms with Crippen molar-refractivity contribution in [3.63, 3.8) is 0 Å². The van der Waals surface area contributed by atoms with E-state index in [2.05, 4.69) is 17.4 Å². The van der Waals surface area contributed by atoms with E-state index in [-0.39, 0.29) is 6.17 Å². The molecule has 0 bridgehead atoms. The van der Waals surface area contributed by atoms with Gasteiger partial charge in [-0.2, -0.15) is 5.43 Å². The van der Waals surface area contributed by atoms with E-state index in [1.54, 1.807) is 27.2 Å². The van der Waals surface area contributed by atoms with Gasteiger partial charge in [-0.05, 0) is 6.08 Å². The van der Waals surface area contributed by atoms with E-state index < -0.39 is 17.1 Å². The van der Waals surface area contributed by atoms with Crippen LogP contribution in [0.5, 0.6) is 0 Å². The maximum absolute atomic E-state index is 10.2. The monoisotopic (exact) mass is 270 g/mol. The van der Waals surface area contributed by atoms with Gasteiger partial charge in [0.1, 0.15) is 5.82 Å². The number of aromatic amines is 3. The van der Waals surface area contributed by atoms with E-state index in [1.807, 2.05) is 0 Å². The van der Waals surface area contributed by atoms with E-state index >= 15 is 0 Å². The van der Waals surface area contributed by atoms with Crippen molar-refractivity contribution in [1.29, 1.82) is 0 Å². The van der Waals surface area contributed by atoms with E-state index in [1.165, 1.54) is 5.12 Å². The van der Waals surface area contributed by atoms with Gasteiger partial charge in [-0.25, -0.2) is 19.5 Å². The maximum Gasteiger partial charge on any atom is 0.330 e. The average molecular weight is 270 g/mol. The van der Waals surface area contributed by atoms with Crippen LogP contribution in [-0.4, -0.2) is 26.2 Å². The van der Waals surface area contributed by atoms with Gasteiger partial charge in [0.15, 0.2) is 0 Å². The third kappa shape index (κ3) is 4.93. The van der Waals surface area contributed by atoms with Gasteiger partial charge in [-0.3, -0.25) is 20.4 Å². The lowest BCUT2D eigenvalue weighted by atomic mass is 10.4. The van der Waals surface area contributed by atoms with Gasteiger partial charge in [0.2, 0.25) is 0 Å². The lowest BCUT2D eigenvalue weighted by Crippen LogP contribution is -2.56. The molecule has 1 aliphatic rings. The van der Waals surface area contributed by atoms with Crippen LogP contribution in [-0.2, 0) is 0 Å². The number of H-pyrrole nitrogens is 3.